The van der Waals surface area contributed by atoms with Gasteiger partial charge in [0.05, 0.1) is 0 Å². The van der Waals surface area contributed by atoms with E-state index in [9.17, 15) is 4.79 Å². The number of nitrogens with one attached hydrogen (secondary N) is 1. The molecule has 20 heavy (non-hydrogen) atoms. The molecule has 5 heteroatoms. The molecule has 1 amide bonds. The minimum Gasteiger partial charge on any atom is -0.444 e. The standard InChI is InChI=1S/C15H26N2O2S/c1-12(2)17(14(18)19-15(3,4)5)8-7-16-10-13-6-9-20-11-13/h6,9,11-12,16H,7-8,10H2,1-5H3. The zero-order valence-corrected chi connectivity index (χ0v) is 13.9. The number of ether oxygens (including phenoxy) is 1. The number of thiophene rings is 1. The molecule has 0 aromatic carbocycles. The van der Waals surface area contributed by atoms with Crippen LogP contribution in [-0.2, 0) is 11.3 Å². The molecule has 1 rings (SSSR count). The van der Waals surface area contributed by atoms with E-state index >= 15 is 0 Å². The topological polar surface area (TPSA) is 41.6 Å². The smallest absolute Gasteiger partial charge is 0.410 e. The van der Waals surface area contributed by atoms with Gasteiger partial charge in [0.15, 0.2) is 0 Å². The lowest BCUT2D eigenvalue weighted by Crippen LogP contribution is -2.44. The Morgan fingerprint density at radius 3 is 2.65 bits per heavy atom. The van der Waals surface area contributed by atoms with Gasteiger partial charge in [-0.05, 0) is 57.0 Å². The van der Waals surface area contributed by atoms with Crippen LogP contribution in [0.25, 0.3) is 0 Å². The van der Waals surface area contributed by atoms with E-state index in [1.54, 1.807) is 16.2 Å². The van der Waals surface area contributed by atoms with Gasteiger partial charge < -0.3 is 15.0 Å². The molecular weight excluding hydrogens is 272 g/mol. The predicted octanol–water partition coefficient (Wildman–Crippen LogP) is 3.48. The highest BCUT2D eigenvalue weighted by atomic mass is 32.1. The molecule has 0 fully saturated rings. The van der Waals surface area contributed by atoms with Gasteiger partial charge in [0, 0.05) is 25.7 Å². The Balaban J connectivity index is 2.37. The van der Waals surface area contributed by atoms with Crippen LogP contribution in [0.4, 0.5) is 4.79 Å². The summed E-state index contributed by atoms with van der Waals surface area (Å²) in [5.74, 6) is 0. The zero-order chi connectivity index (χ0) is 15.2. The molecule has 0 aliphatic carbocycles. The summed E-state index contributed by atoms with van der Waals surface area (Å²) in [6, 6.07) is 2.24. The van der Waals surface area contributed by atoms with Crippen molar-refractivity contribution in [2.75, 3.05) is 13.1 Å². The van der Waals surface area contributed by atoms with Gasteiger partial charge >= 0.3 is 6.09 Å². The van der Waals surface area contributed by atoms with E-state index in [0.29, 0.717) is 6.54 Å². The molecule has 0 atom stereocenters. The molecular formula is C15H26N2O2S. The second kappa shape index (κ2) is 7.64. The predicted molar refractivity (Wildman–Crippen MR) is 84.1 cm³/mol. The molecule has 0 saturated carbocycles. The van der Waals surface area contributed by atoms with Gasteiger partial charge in [0.1, 0.15) is 5.60 Å². The highest BCUT2D eigenvalue weighted by Crippen LogP contribution is 2.11. The second-order valence-corrected chi connectivity index (χ2v) is 6.86. The fourth-order valence-electron chi connectivity index (χ4n) is 1.71. The highest BCUT2D eigenvalue weighted by molar-refractivity contribution is 7.07. The first kappa shape index (κ1) is 17.0. The lowest BCUT2D eigenvalue weighted by molar-refractivity contribution is 0.0193. The molecule has 1 aromatic heterocycles. The van der Waals surface area contributed by atoms with E-state index in [4.69, 9.17) is 4.74 Å². The maximum absolute atomic E-state index is 12.1. The first-order chi connectivity index (χ1) is 9.29. The third-order valence-electron chi connectivity index (χ3n) is 2.69. The lowest BCUT2D eigenvalue weighted by Gasteiger charge is -2.30. The minimum absolute atomic E-state index is 0.132. The Labute approximate surface area is 126 Å². The molecule has 1 N–H and O–H groups in total. The van der Waals surface area contributed by atoms with Gasteiger partial charge in [-0.1, -0.05) is 0 Å². The normalized spacial score (nSPS) is 11.7. The summed E-state index contributed by atoms with van der Waals surface area (Å²) in [4.78, 5) is 13.9. The number of rotatable bonds is 6. The van der Waals surface area contributed by atoms with Crippen molar-refractivity contribution in [2.45, 2.75) is 52.8 Å². The highest BCUT2D eigenvalue weighted by Gasteiger charge is 2.23. The zero-order valence-electron chi connectivity index (χ0n) is 13.1. The quantitative estimate of drug-likeness (QED) is 0.818. The Bertz CT molecular complexity index is 397. The van der Waals surface area contributed by atoms with Crippen molar-refractivity contribution in [3.63, 3.8) is 0 Å². The van der Waals surface area contributed by atoms with Crippen molar-refractivity contribution in [1.82, 2.24) is 10.2 Å². The van der Waals surface area contributed by atoms with E-state index in [1.807, 2.05) is 34.6 Å². The maximum atomic E-state index is 12.1. The van der Waals surface area contributed by atoms with Crippen molar-refractivity contribution < 1.29 is 9.53 Å². The average Bonchev–Trinajstić information content (AvgIpc) is 2.78. The molecule has 4 nitrogen and oxygen atoms in total. The van der Waals surface area contributed by atoms with Crippen LogP contribution in [0.15, 0.2) is 16.8 Å². The largest absolute Gasteiger partial charge is 0.444 e. The Morgan fingerprint density at radius 2 is 2.15 bits per heavy atom. The second-order valence-electron chi connectivity index (χ2n) is 6.08. The molecule has 114 valence electrons. The van der Waals surface area contributed by atoms with Crippen LogP contribution in [0.5, 0.6) is 0 Å². The van der Waals surface area contributed by atoms with Crippen LogP contribution in [0.1, 0.15) is 40.2 Å². The monoisotopic (exact) mass is 298 g/mol. The fourth-order valence-corrected chi connectivity index (χ4v) is 2.37. The van der Waals surface area contributed by atoms with E-state index in [-0.39, 0.29) is 12.1 Å². The summed E-state index contributed by atoms with van der Waals surface area (Å²) >= 11 is 1.70. The third kappa shape index (κ3) is 6.39. The molecule has 1 aromatic rings. The van der Waals surface area contributed by atoms with Crippen molar-refractivity contribution in [3.05, 3.63) is 22.4 Å². The molecule has 0 aliphatic heterocycles. The average molecular weight is 298 g/mol. The number of hydrogen-bond acceptors (Lipinski definition) is 4. The summed E-state index contributed by atoms with van der Waals surface area (Å²) in [6.07, 6.45) is -0.246. The molecule has 0 saturated heterocycles. The molecule has 0 aliphatic rings. The summed E-state index contributed by atoms with van der Waals surface area (Å²) in [7, 11) is 0. The van der Waals surface area contributed by atoms with Gasteiger partial charge in [-0.15, -0.1) is 0 Å². The van der Waals surface area contributed by atoms with E-state index in [2.05, 4.69) is 22.1 Å². The number of hydrogen-bond donors (Lipinski definition) is 1. The van der Waals surface area contributed by atoms with Gasteiger partial charge in [0.25, 0.3) is 0 Å². The Morgan fingerprint density at radius 1 is 1.45 bits per heavy atom. The number of nitrogens with zero attached hydrogens (tertiary/aromatic N) is 1. The van der Waals surface area contributed by atoms with Gasteiger partial charge in [-0.2, -0.15) is 11.3 Å². The lowest BCUT2D eigenvalue weighted by atomic mass is 10.2. The summed E-state index contributed by atoms with van der Waals surface area (Å²) in [5.41, 5.74) is 0.831. The molecule has 0 radical (unpaired) electrons. The molecule has 1 heterocycles. The van der Waals surface area contributed by atoms with Gasteiger partial charge in [-0.25, -0.2) is 4.79 Å². The molecule has 0 spiro atoms. The Hall–Kier alpha value is -1.07. The van der Waals surface area contributed by atoms with E-state index < -0.39 is 5.60 Å². The first-order valence-electron chi connectivity index (χ1n) is 7.01. The van der Waals surface area contributed by atoms with Crippen LogP contribution >= 0.6 is 11.3 Å². The number of carbonyl (C=O) groups excluding carboxylic acids is 1. The third-order valence-corrected chi connectivity index (χ3v) is 3.42. The van der Waals surface area contributed by atoms with Gasteiger partial charge in [-0.3, -0.25) is 0 Å². The minimum atomic E-state index is -0.450. The van der Waals surface area contributed by atoms with Crippen molar-refractivity contribution >= 4 is 17.4 Å². The van der Waals surface area contributed by atoms with Crippen molar-refractivity contribution in [3.8, 4) is 0 Å². The molecule has 0 unspecified atom stereocenters. The van der Waals surface area contributed by atoms with E-state index in [1.165, 1.54) is 5.56 Å². The van der Waals surface area contributed by atoms with Crippen LogP contribution in [0.2, 0.25) is 0 Å². The summed E-state index contributed by atoms with van der Waals surface area (Å²) < 4.78 is 5.42. The van der Waals surface area contributed by atoms with Crippen LogP contribution in [0.3, 0.4) is 0 Å². The van der Waals surface area contributed by atoms with Crippen LogP contribution in [0, 0.1) is 0 Å². The van der Waals surface area contributed by atoms with Crippen molar-refractivity contribution in [2.24, 2.45) is 0 Å². The fraction of sp³-hybridized carbons (Fsp3) is 0.667. The van der Waals surface area contributed by atoms with Crippen molar-refractivity contribution in [1.29, 1.82) is 0 Å². The number of amides is 1. The Kier molecular flexibility index (Phi) is 6.49. The van der Waals surface area contributed by atoms with E-state index in [0.717, 1.165) is 13.1 Å². The SMILES string of the molecule is CC(C)N(CCNCc1ccsc1)C(=O)OC(C)(C)C. The van der Waals surface area contributed by atoms with Crippen LogP contribution < -0.4 is 5.32 Å². The summed E-state index contributed by atoms with van der Waals surface area (Å²) in [6.45, 7) is 11.9. The number of carbonyl (C=O) groups is 1. The first-order valence-corrected chi connectivity index (χ1v) is 7.95. The van der Waals surface area contributed by atoms with Crippen LogP contribution in [-0.4, -0.2) is 35.7 Å². The maximum Gasteiger partial charge on any atom is 0.410 e. The summed E-state index contributed by atoms with van der Waals surface area (Å²) in [5, 5.41) is 7.54. The molecule has 0 bridgehead atoms. The van der Waals surface area contributed by atoms with Gasteiger partial charge in [0.2, 0.25) is 0 Å².